The van der Waals surface area contributed by atoms with Gasteiger partial charge in [0, 0.05) is 21.5 Å². The number of nitrogens with one attached hydrogen (secondary N) is 2. The van der Waals surface area contributed by atoms with Gasteiger partial charge in [0.15, 0.2) is 5.13 Å². The maximum atomic E-state index is 12.4. The summed E-state index contributed by atoms with van der Waals surface area (Å²) in [6, 6.07) is 24.7. The Bertz CT molecular complexity index is 1260. The lowest BCUT2D eigenvalue weighted by Crippen LogP contribution is -2.14. The lowest BCUT2D eigenvalue weighted by Gasteiger charge is -2.07. The monoisotopic (exact) mass is 489 g/mol. The molecule has 1 heterocycles. The van der Waals surface area contributed by atoms with Crippen molar-refractivity contribution in [3.63, 3.8) is 0 Å². The standard InChI is InChI=1S/C26H23N3O3S2/c1-32-21-9-5-8-19(15-21)23-16-34-26(28-23)29-25(31)17-33-22-12-10-20(11-13-22)27-24(30)14-18-6-3-2-4-7-18/h2-13,15-16H,14,17H2,1H3,(H,27,30)(H,28,29,31). The van der Waals surface area contributed by atoms with Crippen LogP contribution in [-0.2, 0) is 16.0 Å². The summed E-state index contributed by atoms with van der Waals surface area (Å²) >= 11 is 2.80. The molecule has 0 unspecified atom stereocenters. The Morgan fingerprint density at radius 2 is 1.74 bits per heavy atom. The number of hydrogen-bond acceptors (Lipinski definition) is 6. The van der Waals surface area contributed by atoms with Crippen LogP contribution in [0, 0.1) is 0 Å². The summed E-state index contributed by atoms with van der Waals surface area (Å²) < 4.78 is 5.25. The van der Waals surface area contributed by atoms with E-state index in [0.717, 1.165) is 33.2 Å². The molecule has 0 radical (unpaired) electrons. The van der Waals surface area contributed by atoms with Gasteiger partial charge in [0.2, 0.25) is 11.8 Å². The summed E-state index contributed by atoms with van der Waals surface area (Å²) in [6.45, 7) is 0. The number of amides is 2. The first kappa shape index (κ1) is 23.5. The molecule has 0 saturated heterocycles. The maximum absolute atomic E-state index is 12.4. The van der Waals surface area contributed by atoms with Gasteiger partial charge in [-0.05, 0) is 42.0 Å². The smallest absolute Gasteiger partial charge is 0.236 e. The van der Waals surface area contributed by atoms with Crippen LogP contribution in [-0.4, -0.2) is 29.7 Å². The molecular weight excluding hydrogens is 466 g/mol. The van der Waals surface area contributed by atoms with Crippen LogP contribution in [0.1, 0.15) is 5.56 Å². The van der Waals surface area contributed by atoms with Crippen LogP contribution in [0.25, 0.3) is 11.3 Å². The van der Waals surface area contributed by atoms with Crippen LogP contribution >= 0.6 is 23.1 Å². The molecule has 0 bridgehead atoms. The van der Waals surface area contributed by atoms with Crippen molar-refractivity contribution in [2.24, 2.45) is 0 Å². The fraction of sp³-hybridized carbons (Fsp3) is 0.115. The van der Waals surface area contributed by atoms with E-state index in [1.165, 1.54) is 23.1 Å². The molecule has 2 N–H and O–H groups in total. The number of nitrogens with zero attached hydrogens (tertiary/aromatic N) is 1. The zero-order chi connectivity index (χ0) is 23.8. The first-order valence-corrected chi connectivity index (χ1v) is 12.4. The largest absolute Gasteiger partial charge is 0.497 e. The summed E-state index contributed by atoms with van der Waals surface area (Å²) in [5.74, 6) is 0.821. The first-order chi connectivity index (χ1) is 16.6. The number of carbonyl (C=O) groups is 2. The van der Waals surface area contributed by atoms with Crippen molar-refractivity contribution in [3.8, 4) is 17.0 Å². The van der Waals surface area contributed by atoms with Crippen molar-refractivity contribution in [2.75, 3.05) is 23.5 Å². The zero-order valence-electron chi connectivity index (χ0n) is 18.5. The third kappa shape index (κ3) is 6.69. The van der Waals surface area contributed by atoms with Gasteiger partial charge in [-0.15, -0.1) is 23.1 Å². The van der Waals surface area contributed by atoms with E-state index >= 15 is 0 Å². The minimum Gasteiger partial charge on any atom is -0.497 e. The molecule has 0 fully saturated rings. The van der Waals surface area contributed by atoms with Crippen LogP contribution in [0.2, 0.25) is 0 Å². The number of methoxy groups -OCH3 is 1. The second-order valence-corrected chi connectivity index (χ2v) is 9.25. The van der Waals surface area contributed by atoms with Crippen molar-refractivity contribution in [3.05, 3.63) is 89.8 Å². The number of rotatable bonds is 9. The van der Waals surface area contributed by atoms with Crippen molar-refractivity contribution in [1.82, 2.24) is 4.98 Å². The third-order valence-electron chi connectivity index (χ3n) is 4.83. The number of thiazole rings is 1. The Morgan fingerprint density at radius 1 is 0.941 bits per heavy atom. The van der Waals surface area contributed by atoms with Crippen LogP contribution in [0.15, 0.2) is 89.1 Å². The molecular formula is C26H23N3O3S2. The van der Waals surface area contributed by atoms with Gasteiger partial charge in [0.1, 0.15) is 5.75 Å². The highest BCUT2D eigenvalue weighted by Crippen LogP contribution is 2.28. The van der Waals surface area contributed by atoms with Gasteiger partial charge < -0.3 is 15.4 Å². The SMILES string of the molecule is COc1cccc(-c2csc(NC(=O)CSc3ccc(NC(=O)Cc4ccccc4)cc3)n2)c1. The lowest BCUT2D eigenvalue weighted by molar-refractivity contribution is -0.115. The van der Waals surface area contributed by atoms with Gasteiger partial charge in [-0.1, -0.05) is 42.5 Å². The Hall–Kier alpha value is -3.62. The summed E-state index contributed by atoms with van der Waals surface area (Å²) in [4.78, 5) is 30.0. The van der Waals surface area contributed by atoms with Gasteiger partial charge >= 0.3 is 0 Å². The Labute approximate surface area is 206 Å². The minimum absolute atomic E-state index is 0.0669. The van der Waals surface area contributed by atoms with Crippen LogP contribution in [0.4, 0.5) is 10.8 Å². The molecule has 2 amide bonds. The van der Waals surface area contributed by atoms with E-state index in [4.69, 9.17) is 4.74 Å². The fourth-order valence-corrected chi connectivity index (χ4v) is 4.61. The van der Waals surface area contributed by atoms with Crippen molar-refractivity contribution in [1.29, 1.82) is 0 Å². The number of benzene rings is 3. The molecule has 0 aliphatic rings. The zero-order valence-corrected chi connectivity index (χ0v) is 20.1. The quantitative estimate of drug-likeness (QED) is 0.294. The maximum Gasteiger partial charge on any atom is 0.236 e. The number of carbonyl (C=O) groups excluding carboxylic acids is 2. The van der Waals surface area contributed by atoms with Gasteiger partial charge in [0.25, 0.3) is 0 Å². The van der Waals surface area contributed by atoms with Crippen LogP contribution in [0.3, 0.4) is 0 Å². The number of ether oxygens (including phenoxy) is 1. The van der Waals surface area contributed by atoms with E-state index in [0.29, 0.717) is 11.6 Å². The van der Waals surface area contributed by atoms with E-state index in [1.54, 1.807) is 7.11 Å². The molecule has 0 spiro atoms. The fourth-order valence-electron chi connectivity index (χ4n) is 3.17. The first-order valence-electron chi connectivity index (χ1n) is 10.6. The van der Waals surface area contributed by atoms with E-state index in [2.05, 4.69) is 15.6 Å². The van der Waals surface area contributed by atoms with Gasteiger partial charge in [-0.3, -0.25) is 9.59 Å². The third-order valence-corrected chi connectivity index (χ3v) is 6.60. The van der Waals surface area contributed by atoms with Gasteiger partial charge in [-0.2, -0.15) is 0 Å². The predicted octanol–water partition coefficient (Wildman–Crippen LogP) is 5.73. The highest BCUT2D eigenvalue weighted by atomic mass is 32.2. The molecule has 4 rings (SSSR count). The van der Waals surface area contributed by atoms with Crippen molar-refractivity contribution >= 4 is 45.7 Å². The van der Waals surface area contributed by atoms with E-state index < -0.39 is 0 Å². The lowest BCUT2D eigenvalue weighted by atomic mass is 10.1. The highest BCUT2D eigenvalue weighted by Gasteiger charge is 2.10. The van der Waals surface area contributed by atoms with Crippen molar-refractivity contribution < 1.29 is 14.3 Å². The molecule has 0 aliphatic carbocycles. The van der Waals surface area contributed by atoms with Crippen molar-refractivity contribution in [2.45, 2.75) is 11.3 Å². The summed E-state index contributed by atoms with van der Waals surface area (Å²) in [7, 11) is 1.62. The topological polar surface area (TPSA) is 80.3 Å². The summed E-state index contributed by atoms with van der Waals surface area (Å²) in [6.07, 6.45) is 0.327. The van der Waals surface area contributed by atoms with E-state index in [1.807, 2.05) is 84.2 Å². The number of anilines is 2. The molecule has 0 atom stereocenters. The number of hydrogen-bond donors (Lipinski definition) is 2. The van der Waals surface area contributed by atoms with Crippen LogP contribution in [0.5, 0.6) is 5.75 Å². The molecule has 8 heteroatoms. The average Bonchev–Trinajstić information content (AvgIpc) is 3.32. The molecule has 4 aromatic rings. The number of thioether (sulfide) groups is 1. The second kappa shape index (κ2) is 11.5. The van der Waals surface area contributed by atoms with Gasteiger partial charge in [-0.25, -0.2) is 4.98 Å². The van der Waals surface area contributed by atoms with E-state index in [9.17, 15) is 9.59 Å². The summed E-state index contributed by atoms with van der Waals surface area (Å²) in [5, 5.41) is 8.21. The molecule has 34 heavy (non-hydrogen) atoms. The Balaban J connectivity index is 1.25. The molecule has 172 valence electrons. The van der Waals surface area contributed by atoms with Crippen LogP contribution < -0.4 is 15.4 Å². The molecule has 0 aliphatic heterocycles. The summed E-state index contributed by atoms with van der Waals surface area (Å²) in [5.41, 5.74) is 3.41. The predicted molar refractivity (Wildman–Crippen MR) is 139 cm³/mol. The minimum atomic E-state index is -0.128. The molecule has 0 saturated carbocycles. The molecule has 1 aromatic heterocycles. The van der Waals surface area contributed by atoms with Gasteiger partial charge in [0.05, 0.1) is 25.0 Å². The molecule has 6 nitrogen and oxygen atoms in total. The Kier molecular flexibility index (Phi) is 7.95. The number of aromatic nitrogens is 1. The second-order valence-electron chi connectivity index (χ2n) is 7.34. The average molecular weight is 490 g/mol. The van der Waals surface area contributed by atoms with E-state index in [-0.39, 0.29) is 17.6 Å². The highest BCUT2D eigenvalue weighted by molar-refractivity contribution is 8.00. The molecule has 3 aromatic carbocycles. The Morgan fingerprint density at radius 3 is 2.50 bits per heavy atom. The normalized spacial score (nSPS) is 10.5.